The van der Waals surface area contributed by atoms with Gasteiger partial charge in [0.15, 0.2) is 0 Å². The average Bonchev–Trinajstić information content (AvgIpc) is 3.23. The Kier molecular flexibility index (Phi) is 4.89. The second-order valence-electron chi connectivity index (χ2n) is 4.57. The van der Waals surface area contributed by atoms with Crippen LogP contribution >= 0.6 is 23.1 Å². The van der Waals surface area contributed by atoms with Crippen molar-refractivity contribution in [3.63, 3.8) is 0 Å². The van der Waals surface area contributed by atoms with E-state index in [0.717, 1.165) is 10.6 Å². The van der Waals surface area contributed by atoms with Crippen molar-refractivity contribution in [3.8, 4) is 0 Å². The molecule has 0 spiro atoms. The Morgan fingerprint density at radius 1 is 1.39 bits per heavy atom. The minimum absolute atomic E-state index is 0.123. The second kappa shape index (κ2) is 7.25. The van der Waals surface area contributed by atoms with Crippen molar-refractivity contribution in [1.82, 2.24) is 25.5 Å². The number of carbonyl (C=O) groups is 1. The lowest BCUT2D eigenvalue weighted by atomic mass is 10.1. The molecule has 118 valence electrons. The van der Waals surface area contributed by atoms with E-state index in [1.165, 1.54) is 23.1 Å². The zero-order chi connectivity index (χ0) is 16.1. The number of nitrogens with two attached hydrogens (primary N) is 1. The summed E-state index contributed by atoms with van der Waals surface area (Å²) in [4.78, 5) is 20.5. The molecule has 7 nitrogen and oxygen atoms in total. The van der Waals surface area contributed by atoms with Gasteiger partial charge in [-0.25, -0.2) is 10.1 Å². The third-order valence-electron chi connectivity index (χ3n) is 2.95. The Hall–Kier alpha value is -2.39. The number of rotatable bonds is 6. The molecule has 0 saturated carbocycles. The molecule has 3 aromatic rings. The van der Waals surface area contributed by atoms with Crippen molar-refractivity contribution in [2.45, 2.75) is 11.2 Å². The highest BCUT2D eigenvalue weighted by Gasteiger charge is 2.19. The van der Waals surface area contributed by atoms with Crippen LogP contribution in [0.3, 0.4) is 0 Å². The van der Waals surface area contributed by atoms with Crippen LogP contribution in [0.5, 0.6) is 0 Å². The predicted molar refractivity (Wildman–Crippen MR) is 90.1 cm³/mol. The molecular weight excluding hydrogens is 332 g/mol. The van der Waals surface area contributed by atoms with Crippen molar-refractivity contribution in [3.05, 3.63) is 52.5 Å². The molecule has 1 aromatic carbocycles. The predicted octanol–water partition coefficient (Wildman–Crippen LogP) is 1.84. The van der Waals surface area contributed by atoms with Gasteiger partial charge in [-0.15, -0.1) is 16.4 Å². The van der Waals surface area contributed by atoms with Gasteiger partial charge < -0.3 is 11.1 Å². The normalized spacial score (nSPS) is 12.0. The number of thiazole rings is 1. The van der Waals surface area contributed by atoms with E-state index in [-0.39, 0.29) is 23.7 Å². The van der Waals surface area contributed by atoms with Gasteiger partial charge in [0, 0.05) is 11.6 Å². The number of amides is 1. The minimum Gasteiger partial charge on any atom is -0.368 e. The van der Waals surface area contributed by atoms with Gasteiger partial charge in [-0.3, -0.25) is 4.79 Å². The molecule has 1 atom stereocenters. The highest BCUT2D eigenvalue weighted by molar-refractivity contribution is 7.99. The summed E-state index contributed by atoms with van der Waals surface area (Å²) in [6.07, 6.45) is 1.73. The van der Waals surface area contributed by atoms with E-state index >= 15 is 0 Å². The lowest BCUT2D eigenvalue weighted by molar-refractivity contribution is -0.119. The minimum atomic E-state index is -0.262. The number of aromatic nitrogens is 4. The van der Waals surface area contributed by atoms with Crippen LogP contribution in [0, 0.1) is 0 Å². The summed E-state index contributed by atoms with van der Waals surface area (Å²) in [5.41, 5.74) is 6.44. The van der Waals surface area contributed by atoms with Crippen LogP contribution in [-0.4, -0.2) is 31.8 Å². The smallest absolute Gasteiger partial charge is 0.231 e. The SMILES string of the molecule is Nc1nc(SCC(=O)N[C@@H](c2ccccc2)c2nccs2)n[nH]1. The summed E-state index contributed by atoms with van der Waals surface area (Å²) in [5, 5.41) is 12.6. The van der Waals surface area contributed by atoms with Gasteiger partial charge in [0.05, 0.1) is 5.75 Å². The van der Waals surface area contributed by atoms with Crippen LogP contribution in [-0.2, 0) is 4.79 Å². The first kappa shape index (κ1) is 15.5. The summed E-state index contributed by atoms with van der Waals surface area (Å²) >= 11 is 2.73. The van der Waals surface area contributed by atoms with E-state index < -0.39 is 0 Å². The summed E-state index contributed by atoms with van der Waals surface area (Å²) in [6, 6.07) is 9.49. The monoisotopic (exact) mass is 346 g/mol. The molecule has 23 heavy (non-hydrogen) atoms. The molecule has 0 radical (unpaired) electrons. The van der Waals surface area contributed by atoms with Crippen LogP contribution in [0.1, 0.15) is 16.6 Å². The Morgan fingerprint density at radius 3 is 2.87 bits per heavy atom. The van der Waals surface area contributed by atoms with Gasteiger partial charge in [-0.2, -0.15) is 4.98 Å². The van der Waals surface area contributed by atoms with Crippen molar-refractivity contribution in [1.29, 1.82) is 0 Å². The maximum atomic E-state index is 12.3. The number of nitrogens with one attached hydrogen (secondary N) is 2. The van der Waals surface area contributed by atoms with Crippen molar-refractivity contribution in [2.75, 3.05) is 11.5 Å². The lowest BCUT2D eigenvalue weighted by Crippen LogP contribution is -2.30. The fraction of sp³-hybridized carbons (Fsp3) is 0.143. The zero-order valence-electron chi connectivity index (χ0n) is 12.0. The Balaban J connectivity index is 1.67. The summed E-state index contributed by atoms with van der Waals surface area (Å²) in [7, 11) is 0. The summed E-state index contributed by atoms with van der Waals surface area (Å²) in [6.45, 7) is 0. The number of aromatic amines is 1. The maximum absolute atomic E-state index is 12.3. The number of H-pyrrole nitrogens is 1. The average molecular weight is 346 g/mol. The van der Waals surface area contributed by atoms with Crippen molar-refractivity contribution >= 4 is 35.0 Å². The first-order chi connectivity index (χ1) is 11.2. The standard InChI is InChI=1S/C14H14N6OS2/c15-13-18-14(20-19-13)23-8-10(21)17-11(12-16-6-7-22-12)9-4-2-1-3-5-9/h1-7,11H,8H2,(H,17,21)(H3,15,18,19,20)/t11-/m0/s1. The van der Waals surface area contributed by atoms with E-state index in [0.29, 0.717) is 5.16 Å². The Labute approximate surface area is 140 Å². The lowest BCUT2D eigenvalue weighted by Gasteiger charge is -2.16. The number of thioether (sulfide) groups is 1. The summed E-state index contributed by atoms with van der Waals surface area (Å²) < 4.78 is 0. The van der Waals surface area contributed by atoms with E-state index in [1.54, 1.807) is 6.20 Å². The first-order valence-electron chi connectivity index (χ1n) is 6.77. The van der Waals surface area contributed by atoms with Gasteiger partial charge in [0.25, 0.3) is 0 Å². The molecule has 0 unspecified atom stereocenters. The Bertz CT molecular complexity index is 759. The molecule has 3 rings (SSSR count). The molecule has 0 fully saturated rings. The van der Waals surface area contributed by atoms with Crippen LogP contribution in [0.15, 0.2) is 47.1 Å². The van der Waals surface area contributed by atoms with E-state index in [1.807, 2.05) is 35.7 Å². The quantitative estimate of drug-likeness (QED) is 0.588. The zero-order valence-corrected chi connectivity index (χ0v) is 13.6. The Morgan fingerprint density at radius 2 is 2.22 bits per heavy atom. The van der Waals surface area contributed by atoms with Gasteiger partial charge in [-0.1, -0.05) is 42.1 Å². The molecular formula is C14H14N6OS2. The molecule has 2 aromatic heterocycles. The summed E-state index contributed by atoms with van der Waals surface area (Å²) in [5.74, 6) is 0.312. The number of anilines is 1. The molecule has 0 aliphatic rings. The van der Waals surface area contributed by atoms with Crippen LogP contribution in [0.4, 0.5) is 5.95 Å². The number of hydrogen-bond acceptors (Lipinski definition) is 7. The highest BCUT2D eigenvalue weighted by atomic mass is 32.2. The number of carbonyl (C=O) groups excluding carboxylic acids is 1. The number of benzene rings is 1. The highest BCUT2D eigenvalue weighted by Crippen LogP contribution is 2.24. The molecule has 0 aliphatic heterocycles. The van der Waals surface area contributed by atoms with Gasteiger partial charge in [0.1, 0.15) is 11.0 Å². The van der Waals surface area contributed by atoms with Crippen LogP contribution in [0.25, 0.3) is 0 Å². The molecule has 0 saturated heterocycles. The first-order valence-corrected chi connectivity index (χ1v) is 8.63. The van der Waals surface area contributed by atoms with Gasteiger partial charge >= 0.3 is 0 Å². The van der Waals surface area contributed by atoms with Crippen LogP contribution < -0.4 is 11.1 Å². The topological polar surface area (TPSA) is 110 Å². The largest absolute Gasteiger partial charge is 0.368 e. The maximum Gasteiger partial charge on any atom is 0.231 e. The number of hydrogen-bond donors (Lipinski definition) is 3. The fourth-order valence-electron chi connectivity index (χ4n) is 1.97. The third-order valence-corrected chi connectivity index (χ3v) is 4.64. The van der Waals surface area contributed by atoms with Gasteiger partial charge in [-0.05, 0) is 5.56 Å². The number of nitrogens with zero attached hydrogens (tertiary/aromatic N) is 3. The van der Waals surface area contributed by atoms with E-state index in [4.69, 9.17) is 5.73 Å². The van der Waals surface area contributed by atoms with Crippen molar-refractivity contribution < 1.29 is 4.79 Å². The second-order valence-corrected chi connectivity index (χ2v) is 6.44. The molecule has 2 heterocycles. The van der Waals surface area contributed by atoms with Crippen molar-refractivity contribution in [2.24, 2.45) is 0 Å². The third kappa shape index (κ3) is 4.08. The van der Waals surface area contributed by atoms with E-state index in [9.17, 15) is 4.79 Å². The van der Waals surface area contributed by atoms with Gasteiger partial charge in [0.2, 0.25) is 17.0 Å². The van der Waals surface area contributed by atoms with Crippen LogP contribution in [0.2, 0.25) is 0 Å². The molecule has 4 N–H and O–H groups in total. The molecule has 1 amide bonds. The number of nitrogen functional groups attached to an aromatic ring is 1. The molecule has 0 bridgehead atoms. The fourth-order valence-corrected chi connectivity index (χ4v) is 3.30. The molecule has 9 heteroatoms. The molecule has 0 aliphatic carbocycles. The van der Waals surface area contributed by atoms with E-state index in [2.05, 4.69) is 25.5 Å².